The smallest absolute Gasteiger partial charge is 0.0468 e. The molecule has 0 aliphatic heterocycles. The molecule has 232 valence electrons. The van der Waals surface area contributed by atoms with Crippen molar-refractivity contribution in [3.8, 4) is 55.6 Å². The van der Waals surface area contributed by atoms with Crippen LogP contribution in [0.5, 0.6) is 0 Å². The predicted octanol–water partition coefficient (Wildman–Crippen LogP) is 13.5. The molecule has 0 aliphatic rings. The zero-order valence-electron chi connectivity index (χ0n) is 27.2. The van der Waals surface area contributed by atoms with E-state index in [1.807, 2.05) is 0 Å². The summed E-state index contributed by atoms with van der Waals surface area (Å²) < 4.78 is 0. The molecular weight excluding hydrogens is 591 g/mol. The van der Waals surface area contributed by atoms with Crippen molar-refractivity contribution in [1.82, 2.24) is 0 Å². The largest absolute Gasteiger partial charge is 0.310 e. The molecule has 1 nitrogen and oxygen atoms in total. The first-order chi connectivity index (χ1) is 24.3. The van der Waals surface area contributed by atoms with E-state index in [2.05, 4.69) is 217 Å². The maximum atomic E-state index is 2.36. The number of hydrogen-bond acceptors (Lipinski definition) is 1. The van der Waals surface area contributed by atoms with E-state index in [1.54, 1.807) is 0 Å². The van der Waals surface area contributed by atoms with Crippen LogP contribution < -0.4 is 4.90 Å². The Labute approximate surface area is 289 Å². The molecule has 0 bridgehead atoms. The van der Waals surface area contributed by atoms with Gasteiger partial charge >= 0.3 is 0 Å². The third-order valence-electron chi connectivity index (χ3n) is 9.09. The Balaban J connectivity index is 1.28. The van der Waals surface area contributed by atoms with Crippen LogP contribution in [0.2, 0.25) is 0 Å². The van der Waals surface area contributed by atoms with Gasteiger partial charge in [-0.25, -0.2) is 0 Å². The standard InChI is InChI=1S/C48H35N/c1-5-14-36(15-6-1)39-24-28-44(29-25-39)49(45-30-26-40(27-31-45)37-16-7-2-8-17-37)46-32-33-47(41-20-11-4-12-21-41)48(35-46)43-23-13-22-42(34-43)38-18-9-3-10-19-38/h1-35H. The molecule has 0 aromatic heterocycles. The maximum Gasteiger partial charge on any atom is 0.0468 e. The van der Waals surface area contributed by atoms with E-state index in [9.17, 15) is 0 Å². The molecule has 0 amide bonds. The third kappa shape index (κ3) is 6.43. The number of hydrogen-bond donors (Lipinski definition) is 0. The van der Waals surface area contributed by atoms with E-state index in [4.69, 9.17) is 0 Å². The lowest BCUT2D eigenvalue weighted by Gasteiger charge is -2.27. The molecule has 8 aromatic carbocycles. The van der Waals surface area contributed by atoms with Crippen LogP contribution in [0.15, 0.2) is 212 Å². The van der Waals surface area contributed by atoms with Crippen LogP contribution in [0.25, 0.3) is 55.6 Å². The van der Waals surface area contributed by atoms with Crippen LogP contribution in [-0.2, 0) is 0 Å². The summed E-state index contributed by atoms with van der Waals surface area (Å²) in [6, 6.07) is 76.0. The van der Waals surface area contributed by atoms with Crippen LogP contribution >= 0.6 is 0 Å². The summed E-state index contributed by atoms with van der Waals surface area (Å²) in [6.07, 6.45) is 0. The van der Waals surface area contributed by atoms with Crippen molar-refractivity contribution in [2.24, 2.45) is 0 Å². The van der Waals surface area contributed by atoms with Crippen LogP contribution in [0.1, 0.15) is 0 Å². The first-order valence-corrected chi connectivity index (χ1v) is 16.8. The third-order valence-corrected chi connectivity index (χ3v) is 9.09. The Morgan fingerprint density at radius 1 is 0.204 bits per heavy atom. The molecule has 8 aromatic rings. The lowest BCUT2D eigenvalue weighted by Crippen LogP contribution is -2.10. The van der Waals surface area contributed by atoms with Gasteiger partial charge in [0.2, 0.25) is 0 Å². The second-order valence-corrected chi connectivity index (χ2v) is 12.2. The SMILES string of the molecule is c1ccc(-c2ccc(N(c3ccc(-c4ccccc4)cc3)c3ccc(-c4ccccc4)c(-c4cccc(-c5ccccc5)c4)c3)cc2)cc1. The van der Waals surface area contributed by atoms with E-state index < -0.39 is 0 Å². The van der Waals surface area contributed by atoms with Gasteiger partial charge in [0.15, 0.2) is 0 Å². The topological polar surface area (TPSA) is 3.24 Å². The van der Waals surface area contributed by atoms with E-state index in [1.165, 1.54) is 55.6 Å². The van der Waals surface area contributed by atoms with Gasteiger partial charge in [0, 0.05) is 17.1 Å². The summed E-state index contributed by atoms with van der Waals surface area (Å²) in [5.74, 6) is 0. The molecule has 0 radical (unpaired) electrons. The van der Waals surface area contributed by atoms with Crippen molar-refractivity contribution in [1.29, 1.82) is 0 Å². The van der Waals surface area contributed by atoms with E-state index >= 15 is 0 Å². The van der Waals surface area contributed by atoms with Gasteiger partial charge < -0.3 is 4.90 Å². The average molecular weight is 626 g/mol. The molecule has 49 heavy (non-hydrogen) atoms. The normalized spacial score (nSPS) is 10.9. The second-order valence-electron chi connectivity index (χ2n) is 12.2. The molecule has 0 atom stereocenters. The van der Waals surface area contributed by atoms with Gasteiger partial charge in [-0.2, -0.15) is 0 Å². The molecule has 0 aliphatic carbocycles. The van der Waals surface area contributed by atoms with Crippen molar-refractivity contribution < 1.29 is 0 Å². The molecule has 0 heterocycles. The molecule has 1 heteroatoms. The monoisotopic (exact) mass is 625 g/mol. The summed E-state index contributed by atoms with van der Waals surface area (Å²) in [4.78, 5) is 2.36. The van der Waals surface area contributed by atoms with E-state index in [-0.39, 0.29) is 0 Å². The van der Waals surface area contributed by atoms with Gasteiger partial charge in [0.05, 0.1) is 0 Å². The Morgan fingerprint density at radius 2 is 0.571 bits per heavy atom. The lowest BCUT2D eigenvalue weighted by molar-refractivity contribution is 1.28. The van der Waals surface area contributed by atoms with Gasteiger partial charge in [0.25, 0.3) is 0 Å². The van der Waals surface area contributed by atoms with E-state index in [0.717, 1.165) is 17.1 Å². The average Bonchev–Trinajstić information content (AvgIpc) is 3.20. The maximum absolute atomic E-state index is 2.36. The Kier molecular flexibility index (Phi) is 8.39. The number of benzene rings is 8. The van der Waals surface area contributed by atoms with Crippen molar-refractivity contribution in [3.05, 3.63) is 212 Å². The number of rotatable bonds is 8. The summed E-state index contributed by atoms with van der Waals surface area (Å²) in [5, 5.41) is 0. The summed E-state index contributed by atoms with van der Waals surface area (Å²) >= 11 is 0. The summed E-state index contributed by atoms with van der Waals surface area (Å²) in [5.41, 5.74) is 15.3. The van der Waals surface area contributed by atoms with Gasteiger partial charge in [-0.1, -0.05) is 170 Å². The summed E-state index contributed by atoms with van der Waals surface area (Å²) in [6.45, 7) is 0. The fourth-order valence-electron chi connectivity index (χ4n) is 6.59. The van der Waals surface area contributed by atoms with Gasteiger partial charge in [-0.05, 0) is 98.1 Å². The fourth-order valence-corrected chi connectivity index (χ4v) is 6.59. The predicted molar refractivity (Wildman–Crippen MR) is 208 cm³/mol. The molecular formula is C48H35N. The van der Waals surface area contributed by atoms with Crippen molar-refractivity contribution >= 4 is 17.1 Å². The van der Waals surface area contributed by atoms with E-state index in [0.29, 0.717) is 0 Å². The Hall–Kier alpha value is -6.44. The fraction of sp³-hybridized carbons (Fsp3) is 0. The van der Waals surface area contributed by atoms with Crippen LogP contribution in [0.3, 0.4) is 0 Å². The zero-order chi connectivity index (χ0) is 32.8. The Bertz CT molecular complexity index is 2190. The van der Waals surface area contributed by atoms with Crippen LogP contribution in [0, 0.1) is 0 Å². The quantitative estimate of drug-likeness (QED) is 0.162. The molecule has 0 spiro atoms. The minimum absolute atomic E-state index is 1.10. The first-order valence-electron chi connectivity index (χ1n) is 16.8. The van der Waals surface area contributed by atoms with Crippen molar-refractivity contribution in [2.45, 2.75) is 0 Å². The highest BCUT2D eigenvalue weighted by Gasteiger charge is 2.17. The molecule has 0 N–H and O–H groups in total. The van der Waals surface area contributed by atoms with Crippen LogP contribution in [0.4, 0.5) is 17.1 Å². The summed E-state index contributed by atoms with van der Waals surface area (Å²) in [7, 11) is 0. The zero-order valence-corrected chi connectivity index (χ0v) is 27.2. The number of anilines is 3. The van der Waals surface area contributed by atoms with Crippen molar-refractivity contribution in [2.75, 3.05) is 4.90 Å². The van der Waals surface area contributed by atoms with Crippen LogP contribution in [-0.4, -0.2) is 0 Å². The Morgan fingerprint density at radius 3 is 1.06 bits per heavy atom. The molecule has 0 saturated heterocycles. The second kappa shape index (κ2) is 13.7. The van der Waals surface area contributed by atoms with Gasteiger partial charge in [-0.3, -0.25) is 0 Å². The molecule has 8 rings (SSSR count). The van der Waals surface area contributed by atoms with Gasteiger partial charge in [0.1, 0.15) is 0 Å². The minimum Gasteiger partial charge on any atom is -0.310 e. The molecule has 0 fully saturated rings. The highest BCUT2D eigenvalue weighted by molar-refractivity contribution is 5.90. The molecule has 0 saturated carbocycles. The highest BCUT2D eigenvalue weighted by atomic mass is 15.1. The molecule has 0 unspecified atom stereocenters. The minimum atomic E-state index is 1.10. The lowest BCUT2D eigenvalue weighted by atomic mass is 9.92. The number of nitrogens with zero attached hydrogens (tertiary/aromatic N) is 1. The van der Waals surface area contributed by atoms with Crippen molar-refractivity contribution in [3.63, 3.8) is 0 Å². The first kappa shape index (κ1) is 29.9. The highest BCUT2D eigenvalue weighted by Crippen LogP contribution is 2.42. The van der Waals surface area contributed by atoms with Gasteiger partial charge in [-0.15, -0.1) is 0 Å².